The number of aryl methyl sites for hydroxylation is 2. The fourth-order valence-electron chi connectivity index (χ4n) is 3.21. The highest BCUT2D eigenvalue weighted by atomic mass is 32.1. The van der Waals surface area contributed by atoms with Gasteiger partial charge in [-0.3, -0.25) is 14.9 Å². The summed E-state index contributed by atoms with van der Waals surface area (Å²) >= 11 is 1.32. The number of rotatable bonds is 5. The van der Waals surface area contributed by atoms with E-state index in [0.29, 0.717) is 10.9 Å². The third kappa shape index (κ3) is 4.43. The topological polar surface area (TPSA) is 114 Å². The van der Waals surface area contributed by atoms with E-state index in [-0.39, 0.29) is 17.8 Å². The molecule has 158 valence electrons. The number of carbonyl (C=O) groups is 2. The fourth-order valence-corrected chi connectivity index (χ4v) is 3.92. The maximum absolute atomic E-state index is 12.6. The molecule has 0 aliphatic heterocycles. The molecule has 9 nitrogen and oxygen atoms in total. The summed E-state index contributed by atoms with van der Waals surface area (Å²) in [6.07, 6.45) is 0. The molecule has 0 aliphatic carbocycles. The second-order valence-electron chi connectivity index (χ2n) is 7.22. The van der Waals surface area contributed by atoms with Gasteiger partial charge >= 0.3 is 0 Å². The van der Waals surface area contributed by atoms with Gasteiger partial charge in [0.2, 0.25) is 11.7 Å². The molecule has 0 saturated carbocycles. The SMILES string of the molecule is CC(=O)NC(C)c1ccc(-c2csc(NC(=O)c3nc4nc(C)cc(C)n4n3)n2)cc1. The average molecular weight is 436 g/mol. The summed E-state index contributed by atoms with van der Waals surface area (Å²) in [5, 5.41) is 12.2. The van der Waals surface area contributed by atoms with Crippen LogP contribution in [0.2, 0.25) is 0 Å². The molecule has 4 rings (SSSR count). The second kappa shape index (κ2) is 8.23. The van der Waals surface area contributed by atoms with Crippen molar-refractivity contribution in [3.8, 4) is 11.3 Å². The Morgan fingerprint density at radius 3 is 2.55 bits per heavy atom. The number of fused-ring (bicyclic) bond motifs is 1. The molecule has 0 radical (unpaired) electrons. The summed E-state index contributed by atoms with van der Waals surface area (Å²) in [7, 11) is 0. The number of thiazole rings is 1. The lowest BCUT2D eigenvalue weighted by Crippen LogP contribution is -2.23. The summed E-state index contributed by atoms with van der Waals surface area (Å²) in [6, 6.07) is 9.58. The molecular weight excluding hydrogens is 414 g/mol. The van der Waals surface area contributed by atoms with E-state index in [9.17, 15) is 9.59 Å². The number of benzene rings is 1. The van der Waals surface area contributed by atoms with Crippen LogP contribution in [-0.2, 0) is 4.79 Å². The molecule has 0 fully saturated rings. The molecule has 0 bridgehead atoms. The molecule has 1 atom stereocenters. The average Bonchev–Trinajstić information content (AvgIpc) is 3.35. The quantitative estimate of drug-likeness (QED) is 0.497. The molecule has 1 unspecified atom stereocenters. The molecular formula is C21H21N7O2S. The molecule has 1 aromatic carbocycles. The van der Waals surface area contributed by atoms with E-state index in [1.807, 2.05) is 56.5 Å². The third-order valence-electron chi connectivity index (χ3n) is 4.67. The van der Waals surface area contributed by atoms with Crippen molar-refractivity contribution in [2.45, 2.75) is 33.7 Å². The van der Waals surface area contributed by atoms with Crippen molar-refractivity contribution >= 4 is 34.1 Å². The van der Waals surface area contributed by atoms with Crippen molar-refractivity contribution in [3.63, 3.8) is 0 Å². The van der Waals surface area contributed by atoms with E-state index < -0.39 is 5.91 Å². The Kier molecular flexibility index (Phi) is 5.47. The van der Waals surface area contributed by atoms with Crippen molar-refractivity contribution < 1.29 is 9.59 Å². The lowest BCUT2D eigenvalue weighted by Gasteiger charge is -2.12. The molecule has 2 N–H and O–H groups in total. The summed E-state index contributed by atoms with van der Waals surface area (Å²) < 4.78 is 1.54. The number of amides is 2. The van der Waals surface area contributed by atoms with Gasteiger partial charge < -0.3 is 5.32 Å². The largest absolute Gasteiger partial charge is 0.350 e. The standard InChI is InChI=1S/C21H21N7O2S/c1-11-9-12(2)28-20(22-11)25-18(27-28)19(30)26-21-24-17(10-31-21)16-7-5-15(6-8-16)13(3)23-14(4)29/h5-10,13H,1-4H3,(H,23,29)(H,24,26,30). The van der Waals surface area contributed by atoms with Crippen LogP contribution in [0.1, 0.15) is 47.5 Å². The van der Waals surface area contributed by atoms with Crippen LogP contribution in [0.5, 0.6) is 0 Å². The van der Waals surface area contributed by atoms with Crippen molar-refractivity contribution in [3.05, 3.63) is 58.5 Å². The minimum Gasteiger partial charge on any atom is -0.350 e. The van der Waals surface area contributed by atoms with Gasteiger partial charge in [0.25, 0.3) is 11.7 Å². The Morgan fingerprint density at radius 1 is 1.10 bits per heavy atom. The summed E-state index contributed by atoms with van der Waals surface area (Å²) in [4.78, 5) is 36.8. The summed E-state index contributed by atoms with van der Waals surface area (Å²) in [6.45, 7) is 7.17. The molecule has 10 heteroatoms. The van der Waals surface area contributed by atoms with Crippen molar-refractivity contribution in [2.24, 2.45) is 0 Å². The van der Waals surface area contributed by atoms with Crippen molar-refractivity contribution in [1.29, 1.82) is 0 Å². The molecule has 2 amide bonds. The summed E-state index contributed by atoms with van der Waals surface area (Å²) in [5.74, 6) is -0.0918. The van der Waals surface area contributed by atoms with Crippen LogP contribution < -0.4 is 10.6 Å². The lowest BCUT2D eigenvalue weighted by molar-refractivity contribution is -0.119. The van der Waals surface area contributed by atoms with E-state index in [2.05, 4.69) is 30.7 Å². The summed E-state index contributed by atoms with van der Waals surface area (Å²) in [5.41, 5.74) is 4.32. The molecule has 3 heterocycles. The zero-order valence-electron chi connectivity index (χ0n) is 17.5. The minimum absolute atomic E-state index is 0.0364. The van der Waals surface area contributed by atoms with Crippen LogP contribution in [0.25, 0.3) is 17.0 Å². The van der Waals surface area contributed by atoms with E-state index in [1.165, 1.54) is 18.3 Å². The normalized spacial score (nSPS) is 12.0. The van der Waals surface area contributed by atoms with Crippen LogP contribution >= 0.6 is 11.3 Å². The Morgan fingerprint density at radius 2 is 1.84 bits per heavy atom. The molecule has 3 aromatic heterocycles. The van der Waals surface area contributed by atoms with Gasteiger partial charge in [-0.15, -0.1) is 16.4 Å². The van der Waals surface area contributed by atoms with Gasteiger partial charge in [-0.2, -0.15) is 4.98 Å². The van der Waals surface area contributed by atoms with Crippen LogP contribution in [0.3, 0.4) is 0 Å². The number of hydrogen-bond acceptors (Lipinski definition) is 7. The predicted molar refractivity (Wildman–Crippen MR) is 118 cm³/mol. The molecule has 0 spiro atoms. The molecule has 4 aromatic rings. The number of nitrogens with zero attached hydrogens (tertiary/aromatic N) is 5. The third-order valence-corrected chi connectivity index (χ3v) is 5.43. The number of anilines is 1. The highest BCUT2D eigenvalue weighted by Crippen LogP contribution is 2.26. The van der Waals surface area contributed by atoms with Crippen molar-refractivity contribution in [1.82, 2.24) is 29.9 Å². The zero-order valence-corrected chi connectivity index (χ0v) is 18.3. The highest BCUT2D eigenvalue weighted by molar-refractivity contribution is 7.14. The maximum atomic E-state index is 12.6. The zero-order chi connectivity index (χ0) is 22.1. The van der Waals surface area contributed by atoms with Crippen molar-refractivity contribution in [2.75, 3.05) is 5.32 Å². The monoisotopic (exact) mass is 435 g/mol. The van der Waals surface area contributed by atoms with Crippen LogP contribution in [0.15, 0.2) is 35.7 Å². The number of nitrogens with one attached hydrogen (secondary N) is 2. The Hall–Kier alpha value is -3.66. The molecule has 0 saturated heterocycles. The lowest BCUT2D eigenvalue weighted by atomic mass is 10.1. The molecule has 0 aliphatic rings. The first kappa shape index (κ1) is 20.6. The van der Waals surface area contributed by atoms with Gasteiger partial charge in [0.1, 0.15) is 0 Å². The van der Waals surface area contributed by atoms with Crippen LogP contribution in [0.4, 0.5) is 5.13 Å². The van der Waals surface area contributed by atoms with E-state index in [4.69, 9.17) is 0 Å². The number of carbonyl (C=O) groups excluding carboxylic acids is 2. The van der Waals surface area contributed by atoms with Gasteiger partial charge in [0.05, 0.1) is 11.7 Å². The van der Waals surface area contributed by atoms with Gasteiger partial charge in [-0.05, 0) is 32.4 Å². The first-order valence-electron chi connectivity index (χ1n) is 9.65. The second-order valence-corrected chi connectivity index (χ2v) is 8.08. The Balaban J connectivity index is 1.48. The maximum Gasteiger partial charge on any atom is 0.297 e. The minimum atomic E-state index is -0.442. The van der Waals surface area contributed by atoms with Gasteiger partial charge in [-0.25, -0.2) is 14.5 Å². The van der Waals surface area contributed by atoms with E-state index >= 15 is 0 Å². The predicted octanol–water partition coefficient (Wildman–Crippen LogP) is 3.31. The Labute approximate surface area is 182 Å². The highest BCUT2D eigenvalue weighted by Gasteiger charge is 2.17. The van der Waals surface area contributed by atoms with Gasteiger partial charge in [0, 0.05) is 29.3 Å². The first-order chi connectivity index (χ1) is 14.8. The Bertz CT molecular complexity index is 1280. The van der Waals surface area contributed by atoms with E-state index in [1.54, 1.807) is 4.52 Å². The number of hydrogen-bond donors (Lipinski definition) is 2. The van der Waals surface area contributed by atoms with E-state index in [0.717, 1.165) is 28.2 Å². The van der Waals surface area contributed by atoms with Crippen LogP contribution in [-0.4, -0.2) is 36.4 Å². The van der Waals surface area contributed by atoms with Gasteiger partial charge in [-0.1, -0.05) is 24.3 Å². The van der Waals surface area contributed by atoms with Crippen LogP contribution in [0, 0.1) is 13.8 Å². The molecule has 31 heavy (non-hydrogen) atoms. The number of aromatic nitrogens is 5. The first-order valence-corrected chi connectivity index (χ1v) is 10.5. The van der Waals surface area contributed by atoms with Gasteiger partial charge in [0.15, 0.2) is 5.13 Å². The fraction of sp³-hybridized carbons (Fsp3) is 0.238. The smallest absolute Gasteiger partial charge is 0.297 e.